The third kappa shape index (κ3) is 3.93. The minimum Gasteiger partial charge on any atom is -0.492 e. The third-order valence-electron chi connectivity index (χ3n) is 4.20. The molecule has 1 N–H and O–H groups in total. The predicted molar refractivity (Wildman–Crippen MR) is 87.4 cm³/mol. The number of rotatable bonds is 6. The van der Waals surface area contributed by atoms with Gasteiger partial charge in [-0.2, -0.15) is 5.10 Å². The fraction of sp³-hybridized carbons (Fsp3) is 0.438. The molecule has 0 unspecified atom stereocenters. The fourth-order valence-corrected chi connectivity index (χ4v) is 3.82. The Kier molecular flexibility index (Phi) is 4.86. The number of H-pyrrole nitrogens is 1. The number of ether oxygens (including phenoxy) is 1. The molecule has 2 aromatic rings. The van der Waals surface area contributed by atoms with E-state index in [1.807, 2.05) is 0 Å². The topological polar surface area (TPSA) is 75.3 Å². The summed E-state index contributed by atoms with van der Waals surface area (Å²) < 4.78 is 42.0. The number of aromatic amines is 1. The molecule has 1 fully saturated rings. The average molecular weight is 353 g/mol. The number of nitrogens with one attached hydrogen (secondary N) is 1. The first-order chi connectivity index (χ1) is 11.4. The summed E-state index contributed by atoms with van der Waals surface area (Å²) in [6, 6.07) is 5.94. The Bertz CT molecular complexity index is 789. The minimum absolute atomic E-state index is 0.128. The van der Waals surface area contributed by atoms with Gasteiger partial charge in [0.25, 0.3) is 0 Å². The minimum atomic E-state index is -3.27. The van der Waals surface area contributed by atoms with Crippen LogP contribution < -0.4 is 4.74 Å². The molecule has 1 saturated heterocycles. The number of aromatic nitrogens is 2. The van der Waals surface area contributed by atoms with E-state index >= 15 is 0 Å². The van der Waals surface area contributed by atoms with Crippen molar-refractivity contribution in [2.45, 2.75) is 17.2 Å². The molecule has 1 aromatic heterocycles. The van der Waals surface area contributed by atoms with Gasteiger partial charge in [-0.25, -0.2) is 12.8 Å². The van der Waals surface area contributed by atoms with E-state index in [2.05, 4.69) is 15.1 Å². The summed E-state index contributed by atoms with van der Waals surface area (Å²) in [5, 5.41) is 6.73. The zero-order valence-corrected chi connectivity index (χ0v) is 14.2. The second-order valence-electron chi connectivity index (χ2n) is 6.01. The van der Waals surface area contributed by atoms with Crippen LogP contribution in [0.4, 0.5) is 4.39 Å². The van der Waals surface area contributed by atoms with Crippen LogP contribution in [-0.4, -0.2) is 56.0 Å². The molecule has 0 saturated carbocycles. The van der Waals surface area contributed by atoms with E-state index in [9.17, 15) is 12.8 Å². The molecular weight excluding hydrogens is 333 g/mol. The van der Waals surface area contributed by atoms with Crippen LogP contribution in [0.5, 0.6) is 5.75 Å². The molecule has 0 radical (unpaired) electrons. The smallest absolute Gasteiger partial charge is 0.178 e. The Morgan fingerprint density at radius 1 is 1.38 bits per heavy atom. The number of nitrogens with zero attached hydrogens (tertiary/aromatic N) is 2. The van der Waals surface area contributed by atoms with Crippen molar-refractivity contribution in [3.63, 3.8) is 0 Å². The van der Waals surface area contributed by atoms with Crippen LogP contribution in [0.2, 0.25) is 0 Å². The normalized spacial score (nSPS) is 18.8. The molecule has 0 bridgehead atoms. The zero-order chi connectivity index (χ0) is 17.2. The van der Waals surface area contributed by atoms with E-state index in [0.29, 0.717) is 18.1 Å². The molecule has 0 aliphatic carbocycles. The van der Waals surface area contributed by atoms with Gasteiger partial charge in [-0.05, 0) is 37.2 Å². The summed E-state index contributed by atoms with van der Waals surface area (Å²) in [7, 11) is -3.27. The first kappa shape index (κ1) is 16.9. The van der Waals surface area contributed by atoms with Crippen molar-refractivity contribution in [2.75, 3.05) is 32.5 Å². The van der Waals surface area contributed by atoms with Gasteiger partial charge in [-0.3, -0.25) is 10.00 Å². The Hall–Kier alpha value is -1.93. The van der Waals surface area contributed by atoms with Crippen molar-refractivity contribution < 1.29 is 17.5 Å². The maximum absolute atomic E-state index is 12.8. The molecule has 1 aliphatic heterocycles. The van der Waals surface area contributed by atoms with Crippen molar-refractivity contribution in [1.82, 2.24) is 15.1 Å². The van der Waals surface area contributed by atoms with Gasteiger partial charge >= 0.3 is 0 Å². The summed E-state index contributed by atoms with van der Waals surface area (Å²) in [5.74, 6) is 0.481. The molecule has 6 nitrogen and oxygen atoms in total. The predicted octanol–water partition coefficient (Wildman–Crippen LogP) is 1.82. The highest BCUT2D eigenvalue weighted by Crippen LogP contribution is 2.29. The Balaban J connectivity index is 1.53. The Morgan fingerprint density at radius 3 is 2.83 bits per heavy atom. The van der Waals surface area contributed by atoms with E-state index < -0.39 is 9.84 Å². The number of hydrogen-bond donors (Lipinski definition) is 1. The van der Waals surface area contributed by atoms with E-state index in [0.717, 1.165) is 26.1 Å². The van der Waals surface area contributed by atoms with Gasteiger partial charge < -0.3 is 4.74 Å². The lowest BCUT2D eigenvalue weighted by molar-refractivity contribution is 0.235. The fourth-order valence-electron chi connectivity index (χ4n) is 2.97. The second kappa shape index (κ2) is 6.90. The second-order valence-corrected chi connectivity index (χ2v) is 7.99. The highest BCUT2D eigenvalue weighted by atomic mass is 32.2. The van der Waals surface area contributed by atoms with Gasteiger partial charge in [0.2, 0.25) is 0 Å². The number of likely N-dealkylation sites (tertiary alicyclic amines) is 1. The van der Waals surface area contributed by atoms with Crippen LogP contribution in [-0.2, 0) is 9.84 Å². The summed E-state index contributed by atoms with van der Waals surface area (Å²) in [6.45, 7) is 2.87. The molecule has 0 amide bonds. The van der Waals surface area contributed by atoms with Crippen molar-refractivity contribution in [1.29, 1.82) is 0 Å². The Morgan fingerprint density at radius 2 is 2.12 bits per heavy atom. The van der Waals surface area contributed by atoms with Crippen molar-refractivity contribution >= 4 is 9.84 Å². The molecule has 2 heterocycles. The van der Waals surface area contributed by atoms with Gasteiger partial charge in [-0.15, -0.1) is 0 Å². The summed E-state index contributed by atoms with van der Waals surface area (Å²) in [5.41, 5.74) is 0.694. The lowest BCUT2D eigenvalue weighted by Gasteiger charge is -2.16. The SMILES string of the molecule is CS(=O)(=O)c1cn[nH]c1[C@H]1CCN(CCOc2ccc(F)cc2)C1. The Labute approximate surface area is 140 Å². The van der Waals surface area contributed by atoms with Crippen LogP contribution in [0, 0.1) is 5.82 Å². The third-order valence-corrected chi connectivity index (χ3v) is 5.33. The highest BCUT2D eigenvalue weighted by molar-refractivity contribution is 7.90. The van der Waals surface area contributed by atoms with Gasteiger partial charge in [0.05, 0.1) is 11.9 Å². The van der Waals surface area contributed by atoms with Crippen LogP contribution in [0.3, 0.4) is 0 Å². The van der Waals surface area contributed by atoms with Gasteiger partial charge in [0.15, 0.2) is 9.84 Å². The summed E-state index contributed by atoms with van der Waals surface area (Å²) >= 11 is 0. The van der Waals surface area contributed by atoms with Crippen molar-refractivity contribution in [3.8, 4) is 5.75 Å². The van der Waals surface area contributed by atoms with E-state index in [-0.39, 0.29) is 16.6 Å². The van der Waals surface area contributed by atoms with Gasteiger partial charge in [0, 0.05) is 25.3 Å². The molecule has 3 rings (SSSR count). The summed E-state index contributed by atoms with van der Waals surface area (Å²) in [6.07, 6.45) is 3.46. The van der Waals surface area contributed by atoms with Crippen LogP contribution in [0.25, 0.3) is 0 Å². The van der Waals surface area contributed by atoms with Crippen molar-refractivity contribution in [3.05, 3.63) is 42.0 Å². The quantitative estimate of drug-likeness (QED) is 0.857. The van der Waals surface area contributed by atoms with Gasteiger partial charge in [-0.1, -0.05) is 0 Å². The standard InChI is InChI=1S/C16H20FN3O3S/c1-24(21,22)15-10-18-19-16(15)12-6-7-20(11-12)8-9-23-14-4-2-13(17)3-5-14/h2-5,10,12H,6-9,11H2,1H3,(H,18,19)/t12-/m0/s1. The van der Waals surface area contributed by atoms with Crippen LogP contribution >= 0.6 is 0 Å². The zero-order valence-electron chi connectivity index (χ0n) is 13.4. The average Bonchev–Trinajstić information content (AvgIpc) is 3.17. The largest absolute Gasteiger partial charge is 0.492 e. The molecule has 1 aliphatic rings. The molecule has 8 heteroatoms. The van der Waals surface area contributed by atoms with Gasteiger partial charge in [0.1, 0.15) is 23.1 Å². The first-order valence-corrected chi connectivity index (χ1v) is 9.66. The highest BCUT2D eigenvalue weighted by Gasteiger charge is 2.29. The lowest BCUT2D eigenvalue weighted by atomic mass is 10.1. The number of halogens is 1. The van der Waals surface area contributed by atoms with E-state index in [1.54, 1.807) is 12.1 Å². The molecule has 1 atom stereocenters. The maximum atomic E-state index is 12.8. The molecule has 0 spiro atoms. The van der Waals surface area contributed by atoms with Crippen molar-refractivity contribution in [2.24, 2.45) is 0 Å². The molecule has 24 heavy (non-hydrogen) atoms. The summed E-state index contributed by atoms with van der Waals surface area (Å²) in [4.78, 5) is 2.51. The number of sulfone groups is 1. The maximum Gasteiger partial charge on any atom is 0.178 e. The first-order valence-electron chi connectivity index (χ1n) is 7.77. The van der Waals surface area contributed by atoms with E-state index in [4.69, 9.17) is 4.74 Å². The molecule has 1 aromatic carbocycles. The number of benzene rings is 1. The number of hydrogen-bond acceptors (Lipinski definition) is 5. The monoisotopic (exact) mass is 353 g/mol. The molecular formula is C16H20FN3O3S. The van der Waals surface area contributed by atoms with E-state index in [1.165, 1.54) is 24.6 Å². The molecule has 130 valence electrons. The van der Waals surface area contributed by atoms with Crippen LogP contribution in [0.15, 0.2) is 35.4 Å². The van der Waals surface area contributed by atoms with Crippen LogP contribution in [0.1, 0.15) is 18.0 Å². The lowest BCUT2D eigenvalue weighted by Crippen LogP contribution is -2.26.